The van der Waals surface area contributed by atoms with Crippen molar-refractivity contribution in [3.8, 4) is 0 Å². The van der Waals surface area contributed by atoms with Crippen molar-refractivity contribution < 1.29 is 4.21 Å². The third kappa shape index (κ3) is 2.13. The zero-order valence-corrected chi connectivity index (χ0v) is 9.27. The van der Waals surface area contributed by atoms with Gasteiger partial charge in [0.25, 0.3) is 0 Å². The van der Waals surface area contributed by atoms with Crippen LogP contribution in [0.25, 0.3) is 0 Å². The molecule has 1 saturated carbocycles. The quantitative estimate of drug-likeness (QED) is 0.689. The van der Waals surface area contributed by atoms with Crippen LogP contribution in [0.15, 0.2) is 0 Å². The third-order valence-electron chi connectivity index (χ3n) is 3.20. The zero-order valence-electron chi connectivity index (χ0n) is 8.45. The maximum Gasteiger partial charge on any atom is 0.0475 e. The minimum absolute atomic E-state index is 0.359. The van der Waals surface area contributed by atoms with E-state index in [1.165, 1.54) is 12.8 Å². The lowest BCUT2D eigenvalue weighted by molar-refractivity contribution is 0.437. The Labute approximate surface area is 82.9 Å². The van der Waals surface area contributed by atoms with E-state index in [2.05, 4.69) is 19.2 Å². The maximum atomic E-state index is 11.8. The van der Waals surface area contributed by atoms with E-state index in [4.69, 9.17) is 0 Å². The molecule has 0 aromatic heterocycles. The second kappa shape index (κ2) is 3.70. The van der Waals surface area contributed by atoms with Gasteiger partial charge in [0, 0.05) is 27.8 Å². The first kappa shape index (κ1) is 9.66. The molecule has 0 amide bonds. The molecule has 1 N–H and O–H groups in total. The summed E-state index contributed by atoms with van der Waals surface area (Å²) in [5, 5.41) is 3.94. The van der Waals surface area contributed by atoms with E-state index in [0.29, 0.717) is 17.2 Å². The summed E-state index contributed by atoms with van der Waals surface area (Å²) in [4.78, 5) is 0. The first-order chi connectivity index (χ1) is 6.18. The van der Waals surface area contributed by atoms with Crippen LogP contribution in [0.1, 0.15) is 26.7 Å². The molecular formula is C10H19NOS. The molecular weight excluding hydrogens is 182 g/mol. The molecule has 76 valence electrons. The predicted octanol–water partition coefficient (Wildman–Crippen LogP) is 1.14. The van der Waals surface area contributed by atoms with Gasteiger partial charge >= 0.3 is 0 Å². The Morgan fingerprint density at radius 1 is 1.31 bits per heavy atom. The molecule has 1 heterocycles. The van der Waals surface area contributed by atoms with Gasteiger partial charge in [-0.3, -0.25) is 4.21 Å². The Morgan fingerprint density at radius 3 is 2.62 bits per heavy atom. The number of rotatable bonds is 1. The van der Waals surface area contributed by atoms with Crippen LogP contribution in [0, 0.1) is 11.8 Å². The molecule has 4 unspecified atom stereocenters. The second-order valence-corrected chi connectivity index (χ2v) is 6.47. The fourth-order valence-corrected chi connectivity index (χ4v) is 3.79. The highest BCUT2D eigenvalue weighted by atomic mass is 32.2. The van der Waals surface area contributed by atoms with Crippen molar-refractivity contribution in [2.45, 2.75) is 38.0 Å². The molecule has 0 spiro atoms. The van der Waals surface area contributed by atoms with Gasteiger partial charge in [-0.1, -0.05) is 6.92 Å². The van der Waals surface area contributed by atoms with Gasteiger partial charge in [0.1, 0.15) is 0 Å². The van der Waals surface area contributed by atoms with Crippen molar-refractivity contribution in [1.29, 1.82) is 0 Å². The van der Waals surface area contributed by atoms with Gasteiger partial charge in [0.15, 0.2) is 0 Å². The van der Waals surface area contributed by atoms with E-state index >= 15 is 0 Å². The van der Waals surface area contributed by atoms with Gasteiger partial charge in [-0.2, -0.15) is 0 Å². The van der Waals surface area contributed by atoms with Crippen LogP contribution in [0.5, 0.6) is 0 Å². The van der Waals surface area contributed by atoms with E-state index in [1.807, 2.05) is 0 Å². The largest absolute Gasteiger partial charge is 0.312 e. The van der Waals surface area contributed by atoms with Crippen molar-refractivity contribution in [2.75, 3.05) is 12.3 Å². The Hall–Kier alpha value is 0.110. The molecule has 0 radical (unpaired) electrons. The van der Waals surface area contributed by atoms with Crippen LogP contribution in [0.3, 0.4) is 0 Å². The Bertz CT molecular complexity index is 215. The molecule has 2 aliphatic rings. The van der Waals surface area contributed by atoms with Crippen LogP contribution in [-0.4, -0.2) is 27.8 Å². The molecule has 0 bridgehead atoms. The monoisotopic (exact) mass is 201 g/mol. The summed E-state index contributed by atoms with van der Waals surface area (Å²) in [7, 11) is -0.606. The predicted molar refractivity (Wildman–Crippen MR) is 56.2 cm³/mol. The summed E-state index contributed by atoms with van der Waals surface area (Å²) in [6, 6.07) is 0.533. The lowest BCUT2D eigenvalue weighted by atomic mass is 10.1. The van der Waals surface area contributed by atoms with Crippen molar-refractivity contribution in [3.63, 3.8) is 0 Å². The lowest BCUT2D eigenvalue weighted by Crippen LogP contribution is -2.40. The highest BCUT2D eigenvalue weighted by Crippen LogP contribution is 2.36. The summed E-state index contributed by atoms with van der Waals surface area (Å²) in [5.41, 5.74) is 0. The van der Waals surface area contributed by atoms with Gasteiger partial charge in [-0.05, 0) is 38.1 Å². The van der Waals surface area contributed by atoms with Gasteiger partial charge < -0.3 is 5.32 Å². The summed E-state index contributed by atoms with van der Waals surface area (Å²) in [6.07, 6.45) is 2.68. The SMILES string of the molecule is CC1CNC(C2CC2)C(C)S(=O)C1. The van der Waals surface area contributed by atoms with Gasteiger partial charge in [0.05, 0.1) is 0 Å². The Balaban J connectivity index is 2.05. The Morgan fingerprint density at radius 2 is 2.00 bits per heavy atom. The van der Waals surface area contributed by atoms with Gasteiger partial charge in [0.2, 0.25) is 0 Å². The lowest BCUT2D eigenvalue weighted by Gasteiger charge is -2.20. The molecule has 2 rings (SSSR count). The fraction of sp³-hybridized carbons (Fsp3) is 1.00. The minimum Gasteiger partial charge on any atom is -0.312 e. The molecule has 4 atom stereocenters. The molecule has 2 fully saturated rings. The van der Waals surface area contributed by atoms with Crippen molar-refractivity contribution in [3.05, 3.63) is 0 Å². The van der Waals surface area contributed by atoms with Crippen LogP contribution in [-0.2, 0) is 10.8 Å². The molecule has 1 aliphatic heterocycles. The average Bonchev–Trinajstić information content (AvgIpc) is 2.86. The molecule has 13 heavy (non-hydrogen) atoms. The molecule has 1 saturated heterocycles. The minimum atomic E-state index is -0.606. The summed E-state index contributed by atoms with van der Waals surface area (Å²) in [5.74, 6) is 2.29. The first-order valence-electron chi connectivity index (χ1n) is 5.29. The maximum absolute atomic E-state index is 11.8. The molecule has 2 nitrogen and oxygen atoms in total. The average molecular weight is 201 g/mol. The topological polar surface area (TPSA) is 29.1 Å². The highest BCUT2D eigenvalue weighted by molar-refractivity contribution is 7.85. The number of hydrogen-bond donors (Lipinski definition) is 1. The fourth-order valence-electron chi connectivity index (χ4n) is 2.16. The standard InChI is InChI=1S/C10H19NOS/c1-7-5-11-10(9-3-4-9)8(2)13(12)6-7/h7-11H,3-6H2,1-2H3. The van der Waals surface area contributed by atoms with E-state index in [1.54, 1.807) is 0 Å². The highest BCUT2D eigenvalue weighted by Gasteiger charge is 2.38. The molecule has 0 aromatic carbocycles. The van der Waals surface area contributed by atoms with Crippen molar-refractivity contribution >= 4 is 10.8 Å². The number of hydrogen-bond acceptors (Lipinski definition) is 2. The van der Waals surface area contributed by atoms with Crippen molar-refractivity contribution in [2.24, 2.45) is 11.8 Å². The van der Waals surface area contributed by atoms with Crippen LogP contribution >= 0.6 is 0 Å². The van der Waals surface area contributed by atoms with E-state index in [9.17, 15) is 4.21 Å². The van der Waals surface area contributed by atoms with Crippen molar-refractivity contribution in [1.82, 2.24) is 5.32 Å². The smallest absolute Gasteiger partial charge is 0.0475 e. The number of nitrogens with one attached hydrogen (secondary N) is 1. The molecule has 0 aromatic rings. The molecule has 3 heteroatoms. The van der Waals surface area contributed by atoms with Crippen LogP contribution in [0.4, 0.5) is 0 Å². The van der Waals surface area contributed by atoms with E-state index < -0.39 is 10.8 Å². The summed E-state index contributed by atoms with van der Waals surface area (Å²) < 4.78 is 11.8. The van der Waals surface area contributed by atoms with E-state index in [-0.39, 0.29) is 0 Å². The van der Waals surface area contributed by atoms with Gasteiger partial charge in [-0.25, -0.2) is 0 Å². The van der Waals surface area contributed by atoms with E-state index in [0.717, 1.165) is 18.2 Å². The van der Waals surface area contributed by atoms with Crippen LogP contribution in [0.2, 0.25) is 0 Å². The third-order valence-corrected chi connectivity index (χ3v) is 5.22. The zero-order chi connectivity index (χ0) is 9.42. The molecule has 1 aliphatic carbocycles. The normalized spacial score (nSPS) is 47.2. The summed E-state index contributed by atoms with van der Waals surface area (Å²) in [6.45, 7) is 5.38. The van der Waals surface area contributed by atoms with Gasteiger partial charge in [-0.15, -0.1) is 0 Å². The Kier molecular flexibility index (Phi) is 2.75. The first-order valence-corrected chi connectivity index (χ1v) is 6.67. The van der Waals surface area contributed by atoms with Crippen LogP contribution < -0.4 is 5.32 Å². The summed E-state index contributed by atoms with van der Waals surface area (Å²) >= 11 is 0. The second-order valence-electron chi connectivity index (χ2n) is 4.63.